The van der Waals surface area contributed by atoms with Gasteiger partial charge in [0.15, 0.2) is 0 Å². The van der Waals surface area contributed by atoms with Gasteiger partial charge in [-0.15, -0.1) is 0 Å². The smallest absolute Gasteiger partial charge is 0.216 e. The van der Waals surface area contributed by atoms with Crippen LogP contribution in [0.25, 0.3) is 0 Å². The molecular weight excluding hydrogens is 306 g/mol. The van der Waals surface area contributed by atoms with Gasteiger partial charge in [-0.1, -0.05) is 22.0 Å². The number of benzene rings is 1. The molecule has 102 valence electrons. The molecular formula is C14H18BrN3O. The highest BCUT2D eigenvalue weighted by molar-refractivity contribution is 9.10. The lowest BCUT2D eigenvalue weighted by Gasteiger charge is -2.11. The van der Waals surface area contributed by atoms with Gasteiger partial charge in [0.2, 0.25) is 5.88 Å². The lowest BCUT2D eigenvalue weighted by Crippen LogP contribution is -2.04. The number of halogens is 1. The third-order valence-corrected chi connectivity index (χ3v) is 3.63. The minimum atomic E-state index is 0.695. The van der Waals surface area contributed by atoms with Crippen LogP contribution in [0.3, 0.4) is 0 Å². The van der Waals surface area contributed by atoms with E-state index in [1.807, 2.05) is 20.0 Å². The number of aromatic nitrogens is 2. The van der Waals surface area contributed by atoms with Crippen LogP contribution in [0, 0.1) is 13.8 Å². The Morgan fingerprint density at radius 2 is 2.11 bits per heavy atom. The lowest BCUT2D eigenvalue weighted by atomic mass is 10.2. The molecule has 0 spiro atoms. The monoisotopic (exact) mass is 323 g/mol. The zero-order valence-corrected chi connectivity index (χ0v) is 13.2. The molecule has 0 aliphatic heterocycles. The average Bonchev–Trinajstić information content (AvgIpc) is 2.64. The molecule has 0 saturated heterocycles. The van der Waals surface area contributed by atoms with Crippen LogP contribution in [0.4, 0.5) is 5.69 Å². The molecule has 0 saturated carbocycles. The SMILES string of the molecule is COc1c(CNc2cc(Br)ccc2C)c(C)nn1C. The Kier molecular flexibility index (Phi) is 4.14. The topological polar surface area (TPSA) is 39.1 Å². The molecule has 0 aliphatic carbocycles. The summed E-state index contributed by atoms with van der Waals surface area (Å²) in [6.45, 7) is 4.77. The summed E-state index contributed by atoms with van der Waals surface area (Å²) in [6.07, 6.45) is 0. The maximum Gasteiger partial charge on any atom is 0.216 e. The summed E-state index contributed by atoms with van der Waals surface area (Å²) in [4.78, 5) is 0. The number of hydrogen-bond acceptors (Lipinski definition) is 3. The van der Waals surface area contributed by atoms with Crippen molar-refractivity contribution in [3.05, 3.63) is 39.5 Å². The second-order valence-corrected chi connectivity index (χ2v) is 5.43. The van der Waals surface area contributed by atoms with Crippen LogP contribution in [0.1, 0.15) is 16.8 Å². The van der Waals surface area contributed by atoms with E-state index in [-0.39, 0.29) is 0 Å². The predicted octanol–water partition coefficient (Wildman–Crippen LogP) is 3.42. The van der Waals surface area contributed by atoms with Crippen LogP contribution in [-0.4, -0.2) is 16.9 Å². The summed E-state index contributed by atoms with van der Waals surface area (Å²) in [5.74, 6) is 0.803. The number of hydrogen-bond donors (Lipinski definition) is 1. The van der Waals surface area contributed by atoms with Gasteiger partial charge in [-0.25, -0.2) is 4.68 Å². The van der Waals surface area contributed by atoms with Gasteiger partial charge in [0.1, 0.15) is 0 Å². The fourth-order valence-electron chi connectivity index (χ4n) is 2.11. The number of nitrogens with one attached hydrogen (secondary N) is 1. The first-order chi connectivity index (χ1) is 9.02. The first-order valence-electron chi connectivity index (χ1n) is 6.09. The highest BCUT2D eigenvalue weighted by Crippen LogP contribution is 2.25. The van der Waals surface area contributed by atoms with Gasteiger partial charge >= 0.3 is 0 Å². The van der Waals surface area contributed by atoms with E-state index in [2.05, 4.69) is 45.4 Å². The summed E-state index contributed by atoms with van der Waals surface area (Å²) < 4.78 is 8.22. The van der Waals surface area contributed by atoms with Gasteiger partial charge in [0.05, 0.1) is 18.4 Å². The van der Waals surface area contributed by atoms with Crippen LogP contribution in [-0.2, 0) is 13.6 Å². The number of anilines is 1. The van der Waals surface area contributed by atoms with Crippen molar-refractivity contribution in [2.75, 3.05) is 12.4 Å². The number of ether oxygens (including phenoxy) is 1. The Bertz CT molecular complexity index is 593. The van der Waals surface area contributed by atoms with E-state index in [0.29, 0.717) is 6.54 Å². The zero-order chi connectivity index (χ0) is 14.0. The lowest BCUT2D eigenvalue weighted by molar-refractivity contribution is 0.370. The van der Waals surface area contributed by atoms with E-state index in [0.717, 1.165) is 27.3 Å². The van der Waals surface area contributed by atoms with E-state index < -0.39 is 0 Å². The largest absolute Gasteiger partial charge is 0.481 e. The molecule has 2 aromatic rings. The first-order valence-corrected chi connectivity index (χ1v) is 6.88. The fourth-order valence-corrected chi connectivity index (χ4v) is 2.47. The molecule has 1 aromatic heterocycles. The number of aryl methyl sites for hydroxylation is 3. The summed E-state index contributed by atoms with van der Waals surface area (Å²) in [7, 11) is 3.56. The van der Waals surface area contributed by atoms with Crippen molar-refractivity contribution in [3.63, 3.8) is 0 Å². The quantitative estimate of drug-likeness (QED) is 0.937. The molecule has 4 nitrogen and oxygen atoms in total. The molecule has 1 heterocycles. The Morgan fingerprint density at radius 3 is 2.79 bits per heavy atom. The predicted molar refractivity (Wildman–Crippen MR) is 80.7 cm³/mol. The van der Waals surface area contributed by atoms with Gasteiger partial charge in [0.25, 0.3) is 0 Å². The third-order valence-electron chi connectivity index (χ3n) is 3.14. The van der Waals surface area contributed by atoms with E-state index in [9.17, 15) is 0 Å². The minimum absolute atomic E-state index is 0.695. The molecule has 0 amide bonds. The summed E-state index contributed by atoms with van der Waals surface area (Å²) in [5.41, 5.74) is 4.40. The van der Waals surface area contributed by atoms with E-state index in [1.165, 1.54) is 5.56 Å². The highest BCUT2D eigenvalue weighted by Gasteiger charge is 2.13. The van der Waals surface area contributed by atoms with Crippen molar-refractivity contribution in [1.29, 1.82) is 0 Å². The number of rotatable bonds is 4. The summed E-state index contributed by atoms with van der Waals surface area (Å²) in [5, 5.41) is 7.81. The molecule has 0 aliphatic rings. The fraction of sp³-hybridized carbons (Fsp3) is 0.357. The van der Waals surface area contributed by atoms with Gasteiger partial charge in [-0.3, -0.25) is 0 Å². The second-order valence-electron chi connectivity index (χ2n) is 4.51. The van der Waals surface area contributed by atoms with Crippen molar-refractivity contribution in [1.82, 2.24) is 9.78 Å². The molecule has 1 aromatic carbocycles. The highest BCUT2D eigenvalue weighted by atomic mass is 79.9. The first kappa shape index (κ1) is 13.9. The number of methoxy groups -OCH3 is 1. The van der Waals surface area contributed by atoms with E-state index in [1.54, 1.807) is 11.8 Å². The van der Waals surface area contributed by atoms with Crippen molar-refractivity contribution in [3.8, 4) is 5.88 Å². The molecule has 2 rings (SSSR count). The molecule has 1 N–H and O–H groups in total. The Morgan fingerprint density at radius 1 is 1.37 bits per heavy atom. The van der Waals surface area contributed by atoms with Crippen molar-refractivity contribution >= 4 is 21.6 Å². The van der Waals surface area contributed by atoms with Crippen molar-refractivity contribution < 1.29 is 4.74 Å². The Hall–Kier alpha value is -1.49. The molecule has 0 bridgehead atoms. The minimum Gasteiger partial charge on any atom is -0.481 e. The zero-order valence-electron chi connectivity index (χ0n) is 11.6. The van der Waals surface area contributed by atoms with E-state index >= 15 is 0 Å². The summed E-state index contributed by atoms with van der Waals surface area (Å²) in [6, 6.07) is 6.20. The summed E-state index contributed by atoms with van der Waals surface area (Å²) >= 11 is 3.49. The molecule has 0 unspecified atom stereocenters. The van der Waals surface area contributed by atoms with Crippen molar-refractivity contribution in [2.24, 2.45) is 7.05 Å². The molecule has 0 atom stereocenters. The van der Waals surface area contributed by atoms with Crippen LogP contribution in [0.2, 0.25) is 0 Å². The van der Waals surface area contributed by atoms with Crippen LogP contribution in [0.5, 0.6) is 5.88 Å². The van der Waals surface area contributed by atoms with Gasteiger partial charge in [0, 0.05) is 23.8 Å². The third kappa shape index (κ3) is 2.92. The maximum absolute atomic E-state index is 5.39. The van der Waals surface area contributed by atoms with Gasteiger partial charge in [-0.2, -0.15) is 5.10 Å². The van der Waals surface area contributed by atoms with Crippen LogP contribution in [0.15, 0.2) is 22.7 Å². The maximum atomic E-state index is 5.39. The molecule has 5 heteroatoms. The van der Waals surface area contributed by atoms with Crippen LogP contribution >= 0.6 is 15.9 Å². The van der Waals surface area contributed by atoms with Gasteiger partial charge in [-0.05, 0) is 31.5 Å². The molecule has 0 fully saturated rings. The van der Waals surface area contributed by atoms with Crippen LogP contribution < -0.4 is 10.1 Å². The average molecular weight is 324 g/mol. The van der Waals surface area contributed by atoms with E-state index in [4.69, 9.17) is 4.74 Å². The second kappa shape index (κ2) is 5.65. The standard InChI is InChI=1S/C14H18BrN3O/c1-9-5-6-11(15)7-13(9)16-8-12-10(2)17-18(3)14(12)19-4/h5-7,16H,8H2,1-4H3. The Balaban J connectivity index is 2.21. The Labute approximate surface area is 121 Å². The van der Waals surface area contributed by atoms with Crippen molar-refractivity contribution in [2.45, 2.75) is 20.4 Å². The van der Waals surface area contributed by atoms with Gasteiger partial charge < -0.3 is 10.1 Å². The normalized spacial score (nSPS) is 10.6. The molecule has 19 heavy (non-hydrogen) atoms. The number of nitrogens with zero attached hydrogens (tertiary/aromatic N) is 2. The molecule has 0 radical (unpaired) electrons.